The lowest BCUT2D eigenvalue weighted by Gasteiger charge is -2.13. The number of benzene rings is 3. The van der Waals surface area contributed by atoms with Gasteiger partial charge in [0.15, 0.2) is 0 Å². The maximum Gasteiger partial charge on any atom is 0.111 e. The fourth-order valence-electron chi connectivity index (χ4n) is 4.38. The van der Waals surface area contributed by atoms with Crippen molar-refractivity contribution >= 4 is 28.3 Å². The van der Waals surface area contributed by atoms with Crippen molar-refractivity contribution in [2.75, 3.05) is 7.05 Å². The third kappa shape index (κ3) is 11.7. The molecule has 190 valence electrons. The molecular weight excluding hydrogens is 454 g/mol. The van der Waals surface area contributed by atoms with Crippen LogP contribution in [-0.2, 0) is 11.2 Å². The quantitative estimate of drug-likeness (QED) is 0.255. The SMILES string of the molecule is CCCCCCCCCC(=O)[O-].C[NH2+]C(CCCc1ccc2ccccc2c1)c1ccc(Cl)cc1. The second-order valence-electron chi connectivity index (χ2n) is 9.31. The van der Waals surface area contributed by atoms with Crippen molar-refractivity contribution in [1.29, 1.82) is 0 Å². The van der Waals surface area contributed by atoms with Gasteiger partial charge in [0, 0.05) is 23.0 Å². The van der Waals surface area contributed by atoms with E-state index < -0.39 is 5.97 Å². The lowest BCUT2D eigenvalue weighted by molar-refractivity contribution is -0.671. The standard InChI is InChI=1S/C21H22ClN.C10H20O2/c1-23-21(18-11-13-20(22)14-12-18)8-4-5-16-9-10-17-6-2-3-7-19(17)15-16;1-2-3-4-5-6-7-8-9-10(11)12/h2-3,6-7,9-15,21,23H,4-5,8H2,1H3;2-9H2,1H3,(H,11,12). The molecule has 3 nitrogen and oxygen atoms in total. The number of aryl methyl sites for hydroxylation is 1. The normalized spacial score (nSPS) is 11.6. The Morgan fingerprint density at radius 3 is 2.17 bits per heavy atom. The molecule has 0 aliphatic heterocycles. The highest BCUT2D eigenvalue weighted by Gasteiger charge is 2.12. The maximum atomic E-state index is 10.0. The number of fused-ring (bicyclic) bond motifs is 1. The van der Waals surface area contributed by atoms with E-state index in [0.29, 0.717) is 6.04 Å². The monoisotopic (exact) mass is 495 g/mol. The molecule has 0 bridgehead atoms. The first-order valence-electron chi connectivity index (χ1n) is 13.3. The van der Waals surface area contributed by atoms with E-state index >= 15 is 0 Å². The number of nitrogens with two attached hydrogens (primary N) is 1. The molecule has 4 heteroatoms. The Morgan fingerprint density at radius 2 is 1.51 bits per heavy atom. The Labute approximate surface area is 216 Å². The molecule has 0 aromatic heterocycles. The van der Waals surface area contributed by atoms with Gasteiger partial charge >= 0.3 is 0 Å². The van der Waals surface area contributed by atoms with Gasteiger partial charge in [0.2, 0.25) is 0 Å². The van der Waals surface area contributed by atoms with E-state index in [4.69, 9.17) is 11.6 Å². The molecule has 0 amide bonds. The van der Waals surface area contributed by atoms with Gasteiger partial charge in [0.1, 0.15) is 6.04 Å². The van der Waals surface area contributed by atoms with Gasteiger partial charge in [-0.2, -0.15) is 0 Å². The van der Waals surface area contributed by atoms with E-state index in [1.807, 2.05) is 12.1 Å². The number of halogens is 1. The fourth-order valence-corrected chi connectivity index (χ4v) is 4.51. The van der Waals surface area contributed by atoms with Gasteiger partial charge in [0.25, 0.3) is 0 Å². The van der Waals surface area contributed by atoms with E-state index in [9.17, 15) is 9.90 Å². The number of carboxylic acid groups (broad SMARTS) is 1. The summed E-state index contributed by atoms with van der Waals surface area (Å²) in [5.41, 5.74) is 2.78. The summed E-state index contributed by atoms with van der Waals surface area (Å²) in [6, 6.07) is 24.1. The number of carbonyl (C=O) groups is 1. The lowest BCUT2D eigenvalue weighted by atomic mass is 9.98. The molecule has 2 N–H and O–H groups in total. The van der Waals surface area contributed by atoms with Crippen molar-refractivity contribution in [2.45, 2.75) is 83.6 Å². The molecule has 1 atom stereocenters. The lowest BCUT2D eigenvalue weighted by Crippen LogP contribution is -2.80. The van der Waals surface area contributed by atoms with Gasteiger partial charge in [-0.1, -0.05) is 112 Å². The predicted molar refractivity (Wildman–Crippen MR) is 147 cm³/mol. The summed E-state index contributed by atoms with van der Waals surface area (Å²) in [5, 5.41) is 15.8. The first kappa shape index (κ1) is 28.9. The minimum absolute atomic E-state index is 0.230. The van der Waals surface area contributed by atoms with Crippen molar-refractivity contribution < 1.29 is 15.2 Å². The van der Waals surface area contributed by atoms with Crippen LogP contribution in [-0.4, -0.2) is 13.0 Å². The second-order valence-corrected chi connectivity index (χ2v) is 9.74. The third-order valence-corrected chi connectivity index (χ3v) is 6.73. The highest BCUT2D eigenvalue weighted by atomic mass is 35.5. The van der Waals surface area contributed by atoms with Gasteiger partial charge in [-0.05, 0) is 54.2 Å². The van der Waals surface area contributed by atoms with Crippen LogP contribution in [0.5, 0.6) is 0 Å². The van der Waals surface area contributed by atoms with Gasteiger partial charge in [-0.3, -0.25) is 0 Å². The highest BCUT2D eigenvalue weighted by Crippen LogP contribution is 2.21. The number of unbranched alkanes of at least 4 members (excludes halogenated alkanes) is 6. The number of rotatable bonds is 14. The molecule has 0 saturated heterocycles. The Kier molecular flexibility index (Phi) is 14.1. The molecule has 0 aliphatic rings. The number of carboxylic acids is 1. The fraction of sp³-hybridized carbons (Fsp3) is 0.452. The summed E-state index contributed by atoms with van der Waals surface area (Å²) in [7, 11) is 2.15. The molecule has 3 aromatic rings. The van der Waals surface area contributed by atoms with E-state index in [0.717, 1.165) is 24.3 Å². The van der Waals surface area contributed by atoms with Crippen LogP contribution in [0.2, 0.25) is 5.02 Å². The first-order chi connectivity index (χ1) is 17.0. The molecule has 1 unspecified atom stereocenters. The molecule has 0 spiro atoms. The van der Waals surface area contributed by atoms with Crippen molar-refractivity contribution in [1.82, 2.24) is 0 Å². The molecule has 0 aliphatic carbocycles. The smallest absolute Gasteiger partial charge is 0.111 e. The Balaban J connectivity index is 0.000000307. The molecule has 0 saturated carbocycles. The van der Waals surface area contributed by atoms with E-state index in [-0.39, 0.29) is 6.42 Å². The zero-order valence-electron chi connectivity index (χ0n) is 21.5. The van der Waals surface area contributed by atoms with Crippen molar-refractivity contribution in [3.63, 3.8) is 0 Å². The van der Waals surface area contributed by atoms with Gasteiger partial charge < -0.3 is 15.2 Å². The van der Waals surface area contributed by atoms with Gasteiger partial charge in [0.05, 0.1) is 7.05 Å². The van der Waals surface area contributed by atoms with Crippen LogP contribution < -0.4 is 10.4 Å². The Bertz CT molecular complexity index is 987. The number of hydrogen-bond donors (Lipinski definition) is 1. The minimum atomic E-state index is -0.913. The van der Waals surface area contributed by atoms with Crippen molar-refractivity contribution in [3.05, 3.63) is 82.9 Å². The summed E-state index contributed by atoms with van der Waals surface area (Å²) in [6.45, 7) is 2.19. The van der Waals surface area contributed by atoms with Crippen molar-refractivity contribution in [3.8, 4) is 0 Å². The Morgan fingerprint density at radius 1 is 0.857 bits per heavy atom. The molecule has 0 heterocycles. The summed E-state index contributed by atoms with van der Waals surface area (Å²) >= 11 is 5.98. The third-order valence-electron chi connectivity index (χ3n) is 6.48. The zero-order chi connectivity index (χ0) is 25.3. The van der Waals surface area contributed by atoms with Crippen LogP contribution in [0.4, 0.5) is 0 Å². The highest BCUT2D eigenvalue weighted by molar-refractivity contribution is 6.30. The topological polar surface area (TPSA) is 56.7 Å². The van der Waals surface area contributed by atoms with E-state index in [1.165, 1.54) is 66.8 Å². The molecule has 0 radical (unpaired) electrons. The maximum absolute atomic E-state index is 10.0. The predicted octanol–water partition coefficient (Wildman–Crippen LogP) is 6.63. The number of hydrogen-bond acceptors (Lipinski definition) is 2. The first-order valence-corrected chi connectivity index (χ1v) is 13.6. The largest absolute Gasteiger partial charge is 0.550 e. The summed E-state index contributed by atoms with van der Waals surface area (Å²) < 4.78 is 0. The Hall–Kier alpha value is -2.36. The molecule has 3 rings (SSSR count). The number of carbonyl (C=O) groups excluding carboxylic acids is 1. The van der Waals surface area contributed by atoms with Crippen LogP contribution in [0, 0.1) is 0 Å². The van der Waals surface area contributed by atoms with Gasteiger partial charge in [-0.25, -0.2) is 0 Å². The van der Waals surface area contributed by atoms with E-state index in [1.54, 1.807) is 0 Å². The van der Waals surface area contributed by atoms with Gasteiger partial charge in [-0.15, -0.1) is 0 Å². The molecule has 3 aromatic carbocycles. The number of quaternary nitrogens is 1. The van der Waals surface area contributed by atoms with Crippen molar-refractivity contribution in [2.24, 2.45) is 0 Å². The summed E-state index contributed by atoms with van der Waals surface area (Å²) in [4.78, 5) is 10.0. The van der Waals surface area contributed by atoms with Crippen LogP contribution in [0.1, 0.15) is 88.3 Å². The molecule has 35 heavy (non-hydrogen) atoms. The number of aliphatic carboxylic acids is 1. The minimum Gasteiger partial charge on any atom is -0.550 e. The zero-order valence-corrected chi connectivity index (χ0v) is 22.2. The summed E-state index contributed by atoms with van der Waals surface area (Å²) in [5.74, 6) is -0.913. The average molecular weight is 496 g/mol. The van der Waals surface area contributed by atoms with Crippen LogP contribution in [0.15, 0.2) is 66.7 Å². The van der Waals surface area contributed by atoms with Crippen LogP contribution >= 0.6 is 11.6 Å². The second kappa shape index (κ2) is 17.1. The average Bonchev–Trinajstić information content (AvgIpc) is 2.87. The van der Waals surface area contributed by atoms with E-state index in [2.05, 4.69) is 73.9 Å². The summed E-state index contributed by atoms with van der Waals surface area (Å²) in [6.07, 6.45) is 11.8. The van der Waals surface area contributed by atoms with Crippen LogP contribution in [0.25, 0.3) is 10.8 Å². The molecule has 0 fully saturated rings. The molecular formula is C31H42ClNO2. The van der Waals surface area contributed by atoms with Crippen LogP contribution in [0.3, 0.4) is 0 Å².